The molecule has 0 aliphatic carbocycles. The molecule has 2 N–H and O–H groups in total. The first kappa shape index (κ1) is 19.5. The number of aliphatic carboxylic acids is 1. The Morgan fingerprint density at radius 2 is 1.85 bits per heavy atom. The molecule has 0 bridgehead atoms. The number of carboxylic acids is 1. The van der Waals surface area contributed by atoms with E-state index in [0.29, 0.717) is 16.1 Å². The van der Waals surface area contributed by atoms with Gasteiger partial charge in [-0.25, -0.2) is 4.98 Å². The Morgan fingerprint density at radius 1 is 1.19 bits per heavy atom. The van der Waals surface area contributed by atoms with Crippen LogP contribution in [0.4, 0.5) is 5.82 Å². The number of fused-ring (bicyclic) bond motifs is 1. The van der Waals surface area contributed by atoms with Crippen molar-refractivity contribution >= 4 is 35.3 Å². The van der Waals surface area contributed by atoms with Crippen molar-refractivity contribution in [3.63, 3.8) is 0 Å². The van der Waals surface area contributed by atoms with Crippen molar-refractivity contribution in [1.82, 2.24) is 9.38 Å². The molecule has 0 spiro atoms. The first-order valence-corrected chi connectivity index (χ1v) is 8.27. The summed E-state index contributed by atoms with van der Waals surface area (Å²) in [4.78, 5) is 25.6. The van der Waals surface area contributed by atoms with Gasteiger partial charge in [-0.2, -0.15) is 0 Å². The first-order chi connectivity index (χ1) is 12.3. The molecule has 2 heterocycles. The second-order valence-corrected chi connectivity index (χ2v) is 6.60. The Morgan fingerprint density at radius 3 is 2.38 bits per heavy atom. The number of hydrogen-bond donors (Lipinski definition) is 2. The maximum absolute atomic E-state index is 10.9. The van der Waals surface area contributed by atoms with Crippen molar-refractivity contribution < 1.29 is 14.7 Å². The van der Waals surface area contributed by atoms with Gasteiger partial charge in [-0.3, -0.25) is 9.59 Å². The number of rotatable bonds is 4. The van der Waals surface area contributed by atoms with Crippen LogP contribution < -0.4 is 5.32 Å². The van der Waals surface area contributed by atoms with Crippen LogP contribution in [0.1, 0.15) is 29.8 Å². The molecule has 0 unspecified atom stereocenters. The number of nitrogens with one attached hydrogen (secondary N) is 1. The van der Waals surface area contributed by atoms with Crippen LogP contribution in [0.5, 0.6) is 0 Å². The number of halogens is 1. The fourth-order valence-corrected chi connectivity index (χ4v) is 2.36. The zero-order chi connectivity index (χ0) is 19.3. The van der Waals surface area contributed by atoms with Crippen LogP contribution in [0.3, 0.4) is 0 Å². The number of benzene rings is 1. The van der Waals surface area contributed by atoms with E-state index in [1.807, 2.05) is 36.0 Å². The van der Waals surface area contributed by atoms with E-state index < -0.39 is 11.4 Å². The quantitative estimate of drug-likeness (QED) is 0.678. The van der Waals surface area contributed by atoms with Gasteiger partial charge >= 0.3 is 5.97 Å². The molecule has 3 rings (SSSR count). The lowest BCUT2D eigenvalue weighted by molar-refractivity contribution is -0.142. The molecule has 0 radical (unpaired) electrons. The van der Waals surface area contributed by atoms with Gasteiger partial charge in [0.25, 0.3) is 0 Å². The van der Waals surface area contributed by atoms with Crippen LogP contribution in [-0.2, 0) is 10.2 Å². The highest BCUT2D eigenvalue weighted by Gasteiger charge is 2.28. The predicted octanol–water partition coefficient (Wildman–Crippen LogP) is 3.89. The summed E-state index contributed by atoms with van der Waals surface area (Å²) in [5.41, 5.74) is 1.22. The summed E-state index contributed by atoms with van der Waals surface area (Å²) < 4.78 is 1.88. The van der Waals surface area contributed by atoms with Crippen LogP contribution in [0.25, 0.3) is 5.65 Å². The standard InChI is InChI=1S/C11H12O3.C8H8ClN3/c1-11(2,10(13)14)9-5-3-8(7-12)4-6-9;1-10-7-5-12-4-6(9)2-3-8(12)11-7/h3-7H,1-2H3,(H,13,14);2-5,10H,1H3. The van der Waals surface area contributed by atoms with E-state index in [0.717, 1.165) is 17.8 Å². The fourth-order valence-electron chi connectivity index (χ4n) is 2.19. The second-order valence-electron chi connectivity index (χ2n) is 6.16. The van der Waals surface area contributed by atoms with Crippen LogP contribution >= 0.6 is 11.6 Å². The number of imidazole rings is 1. The summed E-state index contributed by atoms with van der Waals surface area (Å²) in [7, 11) is 1.84. The minimum absolute atomic E-state index is 0.551. The van der Waals surface area contributed by atoms with Gasteiger partial charge < -0.3 is 14.8 Å². The normalized spacial score (nSPS) is 10.8. The average molecular weight is 374 g/mol. The van der Waals surface area contributed by atoms with Gasteiger partial charge in [0.1, 0.15) is 17.8 Å². The second kappa shape index (κ2) is 8.01. The number of carboxylic acid groups (broad SMARTS) is 1. The van der Waals surface area contributed by atoms with Crippen LogP contribution in [0.15, 0.2) is 48.8 Å². The van der Waals surface area contributed by atoms with Crippen molar-refractivity contribution in [2.45, 2.75) is 19.3 Å². The molecule has 7 heteroatoms. The lowest BCUT2D eigenvalue weighted by Crippen LogP contribution is -2.28. The predicted molar refractivity (Wildman–Crippen MR) is 102 cm³/mol. The maximum Gasteiger partial charge on any atom is 0.313 e. The third-order valence-electron chi connectivity index (χ3n) is 3.97. The van der Waals surface area contributed by atoms with E-state index >= 15 is 0 Å². The lowest BCUT2D eigenvalue weighted by Gasteiger charge is -2.19. The molecule has 1 aromatic carbocycles. The topological polar surface area (TPSA) is 83.7 Å². The number of anilines is 1. The summed E-state index contributed by atoms with van der Waals surface area (Å²) in [5.74, 6) is -0.0337. The third-order valence-corrected chi connectivity index (χ3v) is 4.20. The van der Waals surface area contributed by atoms with Crippen LogP contribution in [0, 0.1) is 0 Å². The number of aldehydes is 1. The Kier molecular flexibility index (Phi) is 6.00. The number of carbonyl (C=O) groups is 2. The summed E-state index contributed by atoms with van der Waals surface area (Å²) >= 11 is 5.80. The molecule has 0 saturated heterocycles. The van der Waals surface area contributed by atoms with E-state index in [2.05, 4.69) is 10.3 Å². The molecule has 0 saturated carbocycles. The lowest BCUT2D eigenvalue weighted by atomic mass is 9.84. The Bertz CT molecular complexity index is 917. The monoisotopic (exact) mass is 373 g/mol. The molecule has 0 aliphatic rings. The molecule has 0 atom stereocenters. The summed E-state index contributed by atoms with van der Waals surface area (Å²) in [6, 6.07) is 10.3. The number of hydrogen-bond acceptors (Lipinski definition) is 4. The Hall–Kier alpha value is -2.86. The smallest absolute Gasteiger partial charge is 0.313 e. The molecule has 0 amide bonds. The molecule has 26 heavy (non-hydrogen) atoms. The van der Waals surface area contributed by atoms with Crippen molar-refractivity contribution in [2.75, 3.05) is 12.4 Å². The minimum Gasteiger partial charge on any atom is -0.481 e. The van der Waals surface area contributed by atoms with Crippen molar-refractivity contribution in [3.8, 4) is 0 Å². The summed E-state index contributed by atoms with van der Waals surface area (Å²) in [5, 5.41) is 12.6. The van der Waals surface area contributed by atoms with E-state index in [4.69, 9.17) is 16.7 Å². The average Bonchev–Trinajstić information content (AvgIpc) is 3.04. The maximum atomic E-state index is 10.9. The highest BCUT2D eigenvalue weighted by molar-refractivity contribution is 6.30. The van der Waals surface area contributed by atoms with Gasteiger partial charge in [0.05, 0.1) is 16.6 Å². The highest BCUT2D eigenvalue weighted by Crippen LogP contribution is 2.23. The van der Waals surface area contributed by atoms with Gasteiger partial charge in [-0.1, -0.05) is 35.9 Å². The van der Waals surface area contributed by atoms with E-state index in [1.54, 1.807) is 38.1 Å². The molecule has 0 aliphatic heterocycles. The van der Waals surface area contributed by atoms with Crippen LogP contribution in [-0.4, -0.2) is 33.8 Å². The van der Waals surface area contributed by atoms with Gasteiger partial charge in [0.2, 0.25) is 0 Å². The number of pyridine rings is 1. The molecule has 136 valence electrons. The zero-order valence-electron chi connectivity index (χ0n) is 14.7. The highest BCUT2D eigenvalue weighted by atomic mass is 35.5. The van der Waals surface area contributed by atoms with E-state index in [9.17, 15) is 9.59 Å². The van der Waals surface area contributed by atoms with Crippen molar-refractivity contribution in [2.24, 2.45) is 0 Å². The van der Waals surface area contributed by atoms with Crippen molar-refractivity contribution in [3.05, 3.63) is 64.9 Å². The zero-order valence-corrected chi connectivity index (χ0v) is 15.5. The SMILES string of the molecule is CC(C)(C(=O)O)c1ccc(C=O)cc1.CNc1cn2cc(Cl)ccc2n1. The summed E-state index contributed by atoms with van der Waals surface area (Å²) in [6.45, 7) is 3.26. The van der Waals surface area contributed by atoms with E-state index in [-0.39, 0.29) is 0 Å². The molecule has 6 nitrogen and oxygen atoms in total. The van der Waals surface area contributed by atoms with Crippen molar-refractivity contribution in [1.29, 1.82) is 0 Å². The van der Waals surface area contributed by atoms with Crippen LogP contribution in [0.2, 0.25) is 5.02 Å². The van der Waals surface area contributed by atoms with Gasteiger partial charge in [0, 0.05) is 18.8 Å². The summed E-state index contributed by atoms with van der Waals surface area (Å²) in [6.07, 6.45) is 4.45. The molecule has 0 fully saturated rings. The van der Waals surface area contributed by atoms with Gasteiger partial charge in [-0.05, 0) is 31.5 Å². The molecule has 3 aromatic rings. The van der Waals surface area contributed by atoms with Gasteiger partial charge in [0.15, 0.2) is 0 Å². The third kappa shape index (κ3) is 4.40. The fraction of sp³-hybridized carbons (Fsp3) is 0.211. The Balaban J connectivity index is 0.000000189. The molecular formula is C19H20ClN3O3. The Labute approximate surface area is 156 Å². The largest absolute Gasteiger partial charge is 0.481 e. The number of aromatic nitrogens is 2. The first-order valence-electron chi connectivity index (χ1n) is 7.89. The minimum atomic E-state index is -0.915. The molecular weight excluding hydrogens is 354 g/mol. The number of nitrogens with zero attached hydrogens (tertiary/aromatic N) is 2. The number of carbonyl (C=O) groups excluding carboxylic acids is 1. The molecule has 2 aromatic heterocycles. The van der Waals surface area contributed by atoms with Gasteiger partial charge in [-0.15, -0.1) is 0 Å². The van der Waals surface area contributed by atoms with E-state index in [1.165, 1.54) is 0 Å².